The highest BCUT2D eigenvalue weighted by atomic mass is 127. The fraction of sp³-hybridized carbons (Fsp3) is 0.538. The van der Waals surface area contributed by atoms with Gasteiger partial charge in [0.15, 0.2) is 0 Å². The van der Waals surface area contributed by atoms with Gasteiger partial charge in [-0.1, -0.05) is 12.1 Å². The van der Waals surface area contributed by atoms with Crippen molar-refractivity contribution in [2.45, 2.75) is 45.0 Å². The summed E-state index contributed by atoms with van der Waals surface area (Å²) in [6.45, 7) is 10.3. The first-order valence-electron chi connectivity index (χ1n) is 5.65. The van der Waals surface area contributed by atoms with Crippen LogP contribution in [0.1, 0.15) is 44.9 Å². The number of hydrogen-bond donors (Lipinski definition) is 0. The zero-order valence-electron chi connectivity index (χ0n) is 10.3. The molecule has 3 heteroatoms. The highest BCUT2D eigenvalue weighted by Gasteiger charge is 2.37. The Morgan fingerprint density at radius 1 is 1.38 bits per heavy atom. The summed E-state index contributed by atoms with van der Waals surface area (Å²) in [7, 11) is 0. The normalized spacial score (nSPS) is 21.2. The van der Waals surface area contributed by atoms with Crippen LogP contribution in [0, 0.1) is 3.57 Å². The third kappa shape index (κ3) is 2.57. The standard InChI is InChI=1S/C13H18INS/c1-9-10-6-5-7-12(14)11(10)8-15(9)16-13(2,3)4/h5-7,9H,8H2,1-4H3/p+1/t9-/m0/s1. The molecule has 1 atom stereocenters. The fourth-order valence-electron chi connectivity index (χ4n) is 2.10. The van der Waals surface area contributed by atoms with E-state index in [2.05, 4.69) is 72.8 Å². The number of fused-ring (bicyclic) bond motifs is 1. The average molecular weight is 348 g/mol. The van der Waals surface area contributed by atoms with Crippen LogP contribution in [0.4, 0.5) is 0 Å². The monoisotopic (exact) mass is 348 g/mol. The van der Waals surface area contributed by atoms with Crippen LogP contribution in [0.2, 0.25) is 0 Å². The van der Waals surface area contributed by atoms with Crippen LogP contribution in [0.25, 0.3) is 0 Å². The molecule has 0 saturated heterocycles. The molecular weight excluding hydrogens is 329 g/mol. The summed E-state index contributed by atoms with van der Waals surface area (Å²) < 4.78 is 4.32. The van der Waals surface area contributed by atoms with Gasteiger partial charge in [-0.25, -0.2) is 0 Å². The second kappa shape index (κ2) is 4.50. The number of nitrogens with zero attached hydrogens (tertiary/aromatic N) is 1. The largest absolute Gasteiger partial charge is 0.136 e. The second-order valence-electron chi connectivity index (χ2n) is 5.35. The molecule has 16 heavy (non-hydrogen) atoms. The number of halogens is 1. The van der Waals surface area contributed by atoms with Gasteiger partial charge >= 0.3 is 0 Å². The Balaban J connectivity index is 2.24. The molecule has 0 radical (unpaired) electrons. The van der Waals surface area contributed by atoms with E-state index in [1.165, 1.54) is 26.6 Å². The van der Waals surface area contributed by atoms with Gasteiger partial charge in [0.1, 0.15) is 4.75 Å². The molecule has 1 nitrogen and oxygen atoms in total. The first kappa shape index (κ1) is 12.7. The van der Waals surface area contributed by atoms with Gasteiger partial charge in [0.25, 0.3) is 0 Å². The molecule has 88 valence electrons. The molecular formula is C13H19INS+. The topological polar surface area (TPSA) is 3.24 Å². The van der Waals surface area contributed by atoms with E-state index in [4.69, 9.17) is 0 Å². The average Bonchev–Trinajstić information content (AvgIpc) is 2.44. The molecule has 0 aromatic heterocycles. The van der Waals surface area contributed by atoms with Crippen molar-refractivity contribution in [2.75, 3.05) is 0 Å². The SMILES string of the molecule is C[C@H]1c2cccc(I)c2CN1[SH+]C(C)(C)C. The summed E-state index contributed by atoms with van der Waals surface area (Å²) in [6, 6.07) is 7.23. The molecule has 0 unspecified atom stereocenters. The maximum atomic E-state index is 2.56. The molecule has 0 spiro atoms. The van der Waals surface area contributed by atoms with Gasteiger partial charge in [0.05, 0.1) is 24.5 Å². The van der Waals surface area contributed by atoms with Crippen LogP contribution in [0.5, 0.6) is 0 Å². The third-order valence-corrected chi connectivity index (χ3v) is 5.16. The molecule has 1 aliphatic heterocycles. The van der Waals surface area contributed by atoms with Crippen LogP contribution in [-0.2, 0) is 18.5 Å². The first-order chi connectivity index (χ1) is 7.38. The Bertz CT molecular complexity index is 397. The highest BCUT2D eigenvalue weighted by Crippen LogP contribution is 2.37. The predicted molar refractivity (Wildman–Crippen MR) is 81.6 cm³/mol. The van der Waals surface area contributed by atoms with Gasteiger partial charge in [0, 0.05) is 3.57 Å². The third-order valence-electron chi connectivity index (χ3n) is 2.80. The van der Waals surface area contributed by atoms with Crippen molar-refractivity contribution in [1.82, 2.24) is 4.31 Å². The Morgan fingerprint density at radius 3 is 2.62 bits per heavy atom. The summed E-state index contributed by atoms with van der Waals surface area (Å²) in [5.41, 5.74) is 3.05. The minimum absolute atomic E-state index is 0.349. The number of hydrogen-bond acceptors (Lipinski definition) is 1. The van der Waals surface area contributed by atoms with Gasteiger partial charge in [-0.3, -0.25) is 0 Å². The smallest absolute Gasteiger partial charge is 0.116 e. The molecule has 0 amide bonds. The molecule has 0 saturated carbocycles. The van der Waals surface area contributed by atoms with E-state index in [1.807, 2.05) is 0 Å². The maximum absolute atomic E-state index is 2.56. The van der Waals surface area contributed by atoms with Crippen molar-refractivity contribution in [3.63, 3.8) is 0 Å². The lowest BCUT2D eigenvalue weighted by molar-refractivity contribution is 0.409. The Hall–Kier alpha value is 0.260. The highest BCUT2D eigenvalue weighted by molar-refractivity contribution is 14.1. The van der Waals surface area contributed by atoms with Gasteiger partial charge in [0.2, 0.25) is 0 Å². The molecule has 0 aliphatic carbocycles. The van der Waals surface area contributed by atoms with E-state index in [-0.39, 0.29) is 0 Å². The Labute approximate surface area is 116 Å². The molecule has 1 aromatic rings. The molecule has 1 aromatic carbocycles. The van der Waals surface area contributed by atoms with Crippen LogP contribution in [0.15, 0.2) is 18.2 Å². The molecule has 1 heterocycles. The lowest BCUT2D eigenvalue weighted by Gasteiger charge is -2.19. The van der Waals surface area contributed by atoms with E-state index in [0.717, 1.165) is 6.54 Å². The van der Waals surface area contributed by atoms with Gasteiger partial charge in [-0.15, -0.1) is 4.31 Å². The van der Waals surface area contributed by atoms with Crippen LogP contribution in [-0.4, -0.2) is 9.05 Å². The van der Waals surface area contributed by atoms with Crippen molar-refractivity contribution in [3.8, 4) is 0 Å². The van der Waals surface area contributed by atoms with E-state index in [1.54, 1.807) is 0 Å². The van der Waals surface area contributed by atoms with Gasteiger partial charge < -0.3 is 0 Å². The molecule has 2 rings (SSSR count). The first-order valence-corrected chi connectivity index (χ1v) is 7.58. The van der Waals surface area contributed by atoms with E-state index >= 15 is 0 Å². The lowest BCUT2D eigenvalue weighted by Crippen LogP contribution is -2.30. The van der Waals surface area contributed by atoms with E-state index in [0.29, 0.717) is 10.8 Å². The predicted octanol–water partition coefficient (Wildman–Crippen LogP) is 3.70. The van der Waals surface area contributed by atoms with Crippen LogP contribution in [0.3, 0.4) is 0 Å². The maximum Gasteiger partial charge on any atom is 0.136 e. The van der Waals surface area contributed by atoms with Crippen molar-refractivity contribution in [1.29, 1.82) is 0 Å². The Kier molecular flexibility index (Phi) is 3.57. The zero-order chi connectivity index (χ0) is 11.9. The molecule has 1 aliphatic rings. The number of thiol groups is 1. The van der Waals surface area contributed by atoms with Crippen molar-refractivity contribution in [3.05, 3.63) is 32.9 Å². The molecule has 0 bridgehead atoms. The van der Waals surface area contributed by atoms with E-state index in [9.17, 15) is 0 Å². The number of benzene rings is 1. The lowest BCUT2D eigenvalue weighted by atomic mass is 10.1. The van der Waals surface area contributed by atoms with Gasteiger partial charge in [-0.05, 0) is 67.5 Å². The molecule has 0 N–H and O–H groups in total. The summed E-state index contributed by atoms with van der Waals surface area (Å²) in [5, 5.41) is 0. The summed E-state index contributed by atoms with van der Waals surface area (Å²) >= 11 is 3.89. The minimum Gasteiger partial charge on any atom is -0.116 e. The van der Waals surface area contributed by atoms with Crippen molar-refractivity contribution in [2.24, 2.45) is 0 Å². The van der Waals surface area contributed by atoms with Crippen LogP contribution < -0.4 is 0 Å². The molecule has 0 fully saturated rings. The second-order valence-corrected chi connectivity index (χ2v) is 8.57. The van der Waals surface area contributed by atoms with Crippen molar-refractivity contribution >= 4 is 34.5 Å². The Morgan fingerprint density at radius 2 is 2.06 bits per heavy atom. The zero-order valence-corrected chi connectivity index (χ0v) is 13.3. The summed E-state index contributed by atoms with van der Waals surface area (Å²) in [5.74, 6) is 0. The van der Waals surface area contributed by atoms with Gasteiger partial charge in [-0.2, -0.15) is 0 Å². The summed E-state index contributed by atoms with van der Waals surface area (Å²) in [4.78, 5) is 0. The van der Waals surface area contributed by atoms with Crippen molar-refractivity contribution < 1.29 is 0 Å². The number of rotatable bonds is 1. The summed E-state index contributed by atoms with van der Waals surface area (Å²) in [6.07, 6.45) is 0. The van der Waals surface area contributed by atoms with E-state index < -0.39 is 0 Å². The quantitative estimate of drug-likeness (QED) is 0.425. The fourth-order valence-corrected chi connectivity index (χ4v) is 4.07. The van der Waals surface area contributed by atoms with Crippen LogP contribution >= 0.6 is 22.6 Å². The minimum atomic E-state index is 0.349.